The van der Waals surface area contributed by atoms with Crippen LogP contribution in [0.1, 0.15) is 44.9 Å². The van der Waals surface area contributed by atoms with Crippen molar-refractivity contribution in [3.8, 4) is 0 Å². The zero-order valence-electron chi connectivity index (χ0n) is 11.6. The van der Waals surface area contributed by atoms with Crippen molar-refractivity contribution in [3.05, 3.63) is 0 Å². The molecule has 1 N–H and O–H groups in total. The van der Waals surface area contributed by atoms with Gasteiger partial charge >= 0.3 is 0 Å². The molecule has 0 radical (unpaired) electrons. The first kappa shape index (κ1) is 12.6. The molecule has 4 heterocycles. The highest BCUT2D eigenvalue weighted by molar-refractivity contribution is 5.02. The molecule has 4 heteroatoms. The third-order valence-corrected chi connectivity index (χ3v) is 5.72. The van der Waals surface area contributed by atoms with Gasteiger partial charge in [-0.25, -0.2) is 0 Å². The zero-order valence-corrected chi connectivity index (χ0v) is 11.6. The van der Waals surface area contributed by atoms with E-state index < -0.39 is 0 Å². The average molecular weight is 267 g/mol. The van der Waals surface area contributed by atoms with Crippen LogP contribution in [0, 0.1) is 0 Å². The standard InChI is InChI=1S/C15H25NO3/c17-14-7-11-1-2-12(8-14)16(11)13-3-5-19-15(9-13)4-6-18-10-15/h11-14,17H,1-10H2. The first-order valence-corrected chi connectivity index (χ1v) is 7.93. The second-order valence-corrected chi connectivity index (χ2v) is 6.94. The van der Waals surface area contributed by atoms with E-state index in [1.54, 1.807) is 0 Å². The summed E-state index contributed by atoms with van der Waals surface area (Å²) in [7, 11) is 0. The molecule has 4 atom stereocenters. The van der Waals surface area contributed by atoms with Crippen molar-refractivity contribution in [3.63, 3.8) is 0 Å². The molecule has 0 aromatic heterocycles. The maximum atomic E-state index is 9.94. The Morgan fingerprint density at radius 3 is 2.47 bits per heavy atom. The van der Waals surface area contributed by atoms with E-state index in [0.717, 1.165) is 51.9 Å². The lowest BCUT2D eigenvalue weighted by Gasteiger charge is -2.47. The van der Waals surface area contributed by atoms with Gasteiger partial charge in [0.1, 0.15) is 0 Å². The molecule has 0 amide bonds. The summed E-state index contributed by atoms with van der Waals surface area (Å²) in [5.41, 5.74) is 0.0123. The molecule has 4 rings (SSSR count). The van der Waals surface area contributed by atoms with Gasteiger partial charge < -0.3 is 14.6 Å². The van der Waals surface area contributed by atoms with E-state index in [-0.39, 0.29) is 11.7 Å². The van der Waals surface area contributed by atoms with Gasteiger partial charge in [0, 0.05) is 37.8 Å². The summed E-state index contributed by atoms with van der Waals surface area (Å²) in [6.07, 6.45) is 7.83. The molecule has 4 aliphatic heterocycles. The highest BCUT2D eigenvalue weighted by Gasteiger charge is 2.48. The fourth-order valence-corrected chi connectivity index (χ4v) is 4.90. The van der Waals surface area contributed by atoms with Gasteiger partial charge in [-0.2, -0.15) is 0 Å². The molecular formula is C15H25NO3. The van der Waals surface area contributed by atoms with Gasteiger partial charge in [0.2, 0.25) is 0 Å². The van der Waals surface area contributed by atoms with Crippen LogP contribution in [0.5, 0.6) is 0 Å². The number of aliphatic hydroxyl groups excluding tert-OH is 1. The van der Waals surface area contributed by atoms with Crippen LogP contribution >= 0.6 is 0 Å². The Hall–Kier alpha value is -0.160. The molecule has 0 saturated carbocycles. The van der Waals surface area contributed by atoms with Crippen LogP contribution in [0.3, 0.4) is 0 Å². The highest BCUT2D eigenvalue weighted by Crippen LogP contribution is 2.42. The van der Waals surface area contributed by atoms with Crippen LogP contribution in [0.2, 0.25) is 0 Å². The van der Waals surface area contributed by atoms with E-state index in [1.165, 1.54) is 12.8 Å². The zero-order chi connectivity index (χ0) is 12.9. The summed E-state index contributed by atoms with van der Waals surface area (Å²) in [6.45, 7) is 2.53. The summed E-state index contributed by atoms with van der Waals surface area (Å²) >= 11 is 0. The van der Waals surface area contributed by atoms with Crippen LogP contribution in [0.25, 0.3) is 0 Å². The molecule has 4 saturated heterocycles. The fourth-order valence-electron chi connectivity index (χ4n) is 4.90. The van der Waals surface area contributed by atoms with E-state index in [1.807, 2.05) is 0 Å². The predicted molar refractivity (Wildman–Crippen MR) is 71.0 cm³/mol. The number of fused-ring (bicyclic) bond motifs is 2. The lowest BCUT2D eigenvalue weighted by molar-refractivity contribution is -0.120. The molecule has 19 heavy (non-hydrogen) atoms. The number of hydrogen-bond acceptors (Lipinski definition) is 4. The maximum Gasteiger partial charge on any atom is 0.0951 e. The third kappa shape index (κ3) is 2.13. The molecule has 108 valence electrons. The number of nitrogens with zero attached hydrogens (tertiary/aromatic N) is 1. The Kier molecular flexibility index (Phi) is 3.10. The summed E-state index contributed by atoms with van der Waals surface area (Å²) in [4.78, 5) is 2.75. The highest BCUT2D eigenvalue weighted by atomic mass is 16.6. The molecule has 0 aliphatic carbocycles. The number of aliphatic hydroxyl groups is 1. The largest absolute Gasteiger partial charge is 0.393 e. The van der Waals surface area contributed by atoms with Gasteiger partial charge in [0.25, 0.3) is 0 Å². The topological polar surface area (TPSA) is 41.9 Å². The normalized spacial score (nSPS) is 51.0. The summed E-state index contributed by atoms with van der Waals surface area (Å²) in [5, 5.41) is 9.94. The van der Waals surface area contributed by atoms with Crippen molar-refractivity contribution < 1.29 is 14.6 Å². The predicted octanol–water partition coefficient (Wildman–Crippen LogP) is 1.31. The minimum Gasteiger partial charge on any atom is -0.393 e. The second kappa shape index (κ2) is 4.69. The average Bonchev–Trinajstić information content (AvgIpc) is 2.94. The molecule has 2 bridgehead atoms. The van der Waals surface area contributed by atoms with Crippen molar-refractivity contribution in [1.29, 1.82) is 0 Å². The van der Waals surface area contributed by atoms with Gasteiger partial charge in [-0.1, -0.05) is 0 Å². The Balaban J connectivity index is 1.50. The van der Waals surface area contributed by atoms with Crippen LogP contribution in [-0.2, 0) is 9.47 Å². The number of hydrogen-bond donors (Lipinski definition) is 1. The van der Waals surface area contributed by atoms with Crippen molar-refractivity contribution in [2.45, 2.75) is 74.8 Å². The van der Waals surface area contributed by atoms with Crippen LogP contribution < -0.4 is 0 Å². The summed E-state index contributed by atoms with van der Waals surface area (Å²) in [6, 6.07) is 1.90. The van der Waals surface area contributed by atoms with E-state index in [2.05, 4.69) is 4.90 Å². The van der Waals surface area contributed by atoms with Gasteiger partial charge in [-0.05, 0) is 38.5 Å². The lowest BCUT2D eigenvalue weighted by Crippen LogP contribution is -2.55. The second-order valence-electron chi connectivity index (χ2n) is 6.94. The van der Waals surface area contributed by atoms with Gasteiger partial charge in [-0.3, -0.25) is 4.90 Å². The van der Waals surface area contributed by atoms with Crippen LogP contribution in [0.15, 0.2) is 0 Å². The van der Waals surface area contributed by atoms with Crippen molar-refractivity contribution in [2.24, 2.45) is 0 Å². The molecule has 4 fully saturated rings. The fraction of sp³-hybridized carbons (Fsp3) is 1.00. The smallest absolute Gasteiger partial charge is 0.0951 e. The summed E-state index contributed by atoms with van der Waals surface area (Å²) in [5.74, 6) is 0. The van der Waals surface area contributed by atoms with E-state index in [4.69, 9.17) is 9.47 Å². The molecule has 4 unspecified atom stereocenters. The van der Waals surface area contributed by atoms with Crippen molar-refractivity contribution >= 4 is 0 Å². The number of ether oxygens (including phenoxy) is 2. The van der Waals surface area contributed by atoms with Crippen LogP contribution in [0.4, 0.5) is 0 Å². The summed E-state index contributed by atoms with van der Waals surface area (Å²) < 4.78 is 11.6. The monoisotopic (exact) mass is 267 g/mol. The molecule has 0 aromatic rings. The van der Waals surface area contributed by atoms with Crippen LogP contribution in [-0.4, -0.2) is 59.7 Å². The minimum atomic E-state index is -0.0580. The first-order valence-electron chi connectivity index (χ1n) is 7.93. The van der Waals surface area contributed by atoms with Crippen molar-refractivity contribution in [2.75, 3.05) is 19.8 Å². The Morgan fingerprint density at radius 2 is 1.79 bits per heavy atom. The van der Waals surface area contributed by atoms with E-state index in [0.29, 0.717) is 18.1 Å². The molecule has 4 aliphatic rings. The van der Waals surface area contributed by atoms with Gasteiger partial charge in [0.05, 0.1) is 18.3 Å². The molecule has 0 aromatic carbocycles. The number of rotatable bonds is 1. The van der Waals surface area contributed by atoms with E-state index in [9.17, 15) is 5.11 Å². The maximum absolute atomic E-state index is 9.94. The van der Waals surface area contributed by atoms with Crippen molar-refractivity contribution in [1.82, 2.24) is 4.90 Å². The lowest BCUT2D eigenvalue weighted by atomic mass is 9.86. The minimum absolute atomic E-state index is 0.0123. The third-order valence-electron chi connectivity index (χ3n) is 5.72. The molecular weight excluding hydrogens is 242 g/mol. The SMILES string of the molecule is OC1CC2CCC(C1)N2C1CCOC2(CCOC2)C1. The first-order chi connectivity index (χ1) is 9.26. The Morgan fingerprint density at radius 1 is 1.00 bits per heavy atom. The van der Waals surface area contributed by atoms with E-state index >= 15 is 0 Å². The Bertz CT molecular complexity index is 328. The molecule has 4 nitrogen and oxygen atoms in total. The quantitative estimate of drug-likeness (QED) is 0.778. The van der Waals surface area contributed by atoms with Gasteiger partial charge in [-0.15, -0.1) is 0 Å². The Labute approximate surface area is 115 Å². The number of piperidine rings is 1. The molecule has 1 spiro atoms. The van der Waals surface area contributed by atoms with Gasteiger partial charge in [0.15, 0.2) is 0 Å².